The van der Waals surface area contributed by atoms with E-state index in [-0.39, 0.29) is 17.7 Å². The molecular formula is C13H18N2O3. The molecule has 5 nitrogen and oxygen atoms in total. The molecule has 0 unspecified atom stereocenters. The van der Waals surface area contributed by atoms with Gasteiger partial charge in [0.2, 0.25) is 11.8 Å². The second-order valence-corrected chi connectivity index (χ2v) is 4.64. The summed E-state index contributed by atoms with van der Waals surface area (Å²) in [7, 11) is 0. The first-order valence-electron chi connectivity index (χ1n) is 6.26. The van der Waals surface area contributed by atoms with E-state index in [1.807, 2.05) is 17.0 Å². The largest absolute Gasteiger partial charge is 0.469 e. The van der Waals surface area contributed by atoms with E-state index in [1.165, 1.54) is 0 Å². The molecule has 98 valence electrons. The Balaban J connectivity index is 1.75. The number of rotatable bonds is 4. The minimum Gasteiger partial charge on any atom is -0.469 e. The number of hydrogen-bond donors (Lipinski definition) is 1. The highest BCUT2D eigenvalue weighted by molar-refractivity contribution is 5.78. The number of nitrogens with zero attached hydrogens (tertiary/aromatic N) is 1. The molecule has 2 amide bonds. The molecule has 0 spiro atoms. The van der Waals surface area contributed by atoms with E-state index >= 15 is 0 Å². The molecule has 18 heavy (non-hydrogen) atoms. The molecular weight excluding hydrogens is 232 g/mol. The number of hydrogen-bond acceptors (Lipinski definition) is 3. The molecule has 0 saturated carbocycles. The zero-order valence-electron chi connectivity index (χ0n) is 10.3. The maximum absolute atomic E-state index is 11.9. The van der Waals surface area contributed by atoms with Gasteiger partial charge in [0.05, 0.1) is 6.26 Å². The number of piperidine rings is 1. The smallest absolute Gasteiger partial charge is 0.223 e. The standard InChI is InChI=1S/C13H18N2O3/c14-13(17)10-5-7-15(8-6-10)12(16)4-3-11-2-1-9-18-11/h1-2,9-10H,3-8H2,(H2,14,17). The Bertz CT molecular complexity index is 406. The van der Waals surface area contributed by atoms with Gasteiger partial charge in [0.1, 0.15) is 5.76 Å². The van der Waals surface area contributed by atoms with Gasteiger partial charge in [-0.1, -0.05) is 0 Å². The Hall–Kier alpha value is -1.78. The average Bonchev–Trinajstić information content (AvgIpc) is 2.89. The maximum atomic E-state index is 11.9. The molecule has 0 aliphatic carbocycles. The second-order valence-electron chi connectivity index (χ2n) is 4.64. The minimum atomic E-state index is -0.252. The van der Waals surface area contributed by atoms with Crippen molar-refractivity contribution in [3.63, 3.8) is 0 Å². The van der Waals surface area contributed by atoms with Crippen molar-refractivity contribution < 1.29 is 14.0 Å². The van der Waals surface area contributed by atoms with E-state index in [4.69, 9.17) is 10.2 Å². The van der Waals surface area contributed by atoms with Gasteiger partial charge in [0.25, 0.3) is 0 Å². The third kappa shape index (κ3) is 3.12. The maximum Gasteiger partial charge on any atom is 0.223 e. The van der Waals surface area contributed by atoms with Crippen LogP contribution >= 0.6 is 0 Å². The Morgan fingerprint density at radius 2 is 2.11 bits per heavy atom. The van der Waals surface area contributed by atoms with Crippen LogP contribution in [-0.4, -0.2) is 29.8 Å². The third-order valence-corrected chi connectivity index (χ3v) is 3.42. The van der Waals surface area contributed by atoms with Gasteiger partial charge in [-0.15, -0.1) is 0 Å². The molecule has 2 rings (SSSR count). The molecule has 2 heterocycles. The molecule has 1 saturated heterocycles. The highest BCUT2D eigenvalue weighted by Crippen LogP contribution is 2.17. The van der Waals surface area contributed by atoms with Crippen LogP contribution in [-0.2, 0) is 16.0 Å². The lowest BCUT2D eigenvalue weighted by atomic mass is 9.96. The van der Waals surface area contributed by atoms with E-state index in [9.17, 15) is 9.59 Å². The van der Waals surface area contributed by atoms with Crippen molar-refractivity contribution in [2.45, 2.75) is 25.7 Å². The molecule has 0 atom stereocenters. The fourth-order valence-corrected chi connectivity index (χ4v) is 2.26. The van der Waals surface area contributed by atoms with E-state index in [0.29, 0.717) is 38.8 Å². The topological polar surface area (TPSA) is 76.5 Å². The van der Waals surface area contributed by atoms with Crippen LogP contribution in [0.2, 0.25) is 0 Å². The van der Waals surface area contributed by atoms with Crippen molar-refractivity contribution in [1.82, 2.24) is 4.90 Å². The first-order valence-corrected chi connectivity index (χ1v) is 6.26. The molecule has 0 radical (unpaired) electrons. The summed E-state index contributed by atoms with van der Waals surface area (Å²) in [4.78, 5) is 24.8. The summed E-state index contributed by atoms with van der Waals surface area (Å²) in [6.07, 6.45) is 4.05. The van der Waals surface area contributed by atoms with Crippen molar-refractivity contribution in [1.29, 1.82) is 0 Å². The van der Waals surface area contributed by atoms with Gasteiger partial charge in [-0.2, -0.15) is 0 Å². The SMILES string of the molecule is NC(=O)C1CCN(C(=O)CCc2ccco2)CC1. The summed E-state index contributed by atoms with van der Waals surface area (Å²) >= 11 is 0. The molecule has 0 bridgehead atoms. The van der Waals surface area contributed by atoms with Crippen molar-refractivity contribution in [2.75, 3.05) is 13.1 Å². The van der Waals surface area contributed by atoms with Gasteiger partial charge < -0.3 is 15.1 Å². The Morgan fingerprint density at radius 3 is 2.67 bits per heavy atom. The summed E-state index contributed by atoms with van der Waals surface area (Å²) in [5.74, 6) is 0.626. The normalized spacial score (nSPS) is 16.8. The van der Waals surface area contributed by atoms with Crippen LogP contribution in [0.5, 0.6) is 0 Å². The van der Waals surface area contributed by atoms with Crippen molar-refractivity contribution >= 4 is 11.8 Å². The van der Waals surface area contributed by atoms with Crippen molar-refractivity contribution in [2.24, 2.45) is 11.7 Å². The monoisotopic (exact) mass is 250 g/mol. The van der Waals surface area contributed by atoms with E-state index < -0.39 is 0 Å². The average molecular weight is 250 g/mol. The predicted octanol–water partition coefficient (Wildman–Crippen LogP) is 0.936. The summed E-state index contributed by atoms with van der Waals surface area (Å²) < 4.78 is 5.19. The third-order valence-electron chi connectivity index (χ3n) is 3.42. The molecule has 0 aromatic carbocycles. The summed E-state index contributed by atoms with van der Waals surface area (Å²) in [5, 5.41) is 0. The lowest BCUT2D eigenvalue weighted by molar-refractivity contribution is -0.134. The van der Waals surface area contributed by atoms with Gasteiger partial charge in [-0.3, -0.25) is 9.59 Å². The lowest BCUT2D eigenvalue weighted by Crippen LogP contribution is -2.41. The molecule has 5 heteroatoms. The first-order chi connectivity index (χ1) is 8.66. The number of carbonyl (C=O) groups excluding carboxylic acids is 2. The second kappa shape index (κ2) is 5.71. The Kier molecular flexibility index (Phi) is 4.02. The fourth-order valence-electron chi connectivity index (χ4n) is 2.26. The van der Waals surface area contributed by atoms with Crippen LogP contribution < -0.4 is 5.73 Å². The van der Waals surface area contributed by atoms with Gasteiger partial charge in [0.15, 0.2) is 0 Å². The van der Waals surface area contributed by atoms with E-state index in [0.717, 1.165) is 5.76 Å². The number of primary amides is 1. The van der Waals surface area contributed by atoms with Crippen LogP contribution in [0.4, 0.5) is 0 Å². The Labute approximate surface area is 106 Å². The van der Waals surface area contributed by atoms with Crippen LogP contribution in [0.3, 0.4) is 0 Å². The van der Waals surface area contributed by atoms with Crippen molar-refractivity contribution in [3.8, 4) is 0 Å². The quantitative estimate of drug-likeness (QED) is 0.863. The molecule has 1 aliphatic heterocycles. The fraction of sp³-hybridized carbons (Fsp3) is 0.538. The number of carbonyl (C=O) groups is 2. The molecule has 1 aromatic rings. The van der Waals surface area contributed by atoms with Crippen LogP contribution in [0.1, 0.15) is 25.0 Å². The minimum absolute atomic E-state index is 0.0703. The van der Waals surface area contributed by atoms with Crippen molar-refractivity contribution in [3.05, 3.63) is 24.2 Å². The first kappa shape index (κ1) is 12.7. The number of nitrogens with two attached hydrogens (primary N) is 1. The molecule has 1 aliphatic rings. The van der Waals surface area contributed by atoms with Crippen LogP contribution in [0.25, 0.3) is 0 Å². The molecule has 2 N–H and O–H groups in total. The lowest BCUT2D eigenvalue weighted by Gasteiger charge is -2.30. The summed E-state index contributed by atoms with van der Waals surface area (Å²) in [6, 6.07) is 3.69. The van der Waals surface area contributed by atoms with Gasteiger partial charge in [-0.05, 0) is 25.0 Å². The summed E-state index contributed by atoms with van der Waals surface area (Å²) in [6.45, 7) is 1.26. The predicted molar refractivity (Wildman–Crippen MR) is 65.5 cm³/mol. The van der Waals surface area contributed by atoms with Gasteiger partial charge in [0, 0.05) is 31.8 Å². The zero-order chi connectivity index (χ0) is 13.0. The molecule has 1 aromatic heterocycles. The van der Waals surface area contributed by atoms with Gasteiger partial charge in [-0.25, -0.2) is 0 Å². The number of furan rings is 1. The molecule has 1 fully saturated rings. The van der Waals surface area contributed by atoms with E-state index in [2.05, 4.69) is 0 Å². The highest BCUT2D eigenvalue weighted by Gasteiger charge is 2.25. The number of amides is 2. The van der Waals surface area contributed by atoms with E-state index in [1.54, 1.807) is 6.26 Å². The number of aryl methyl sites for hydroxylation is 1. The zero-order valence-corrected chi connectivity index (χ0v) is 10.3. The summed E-state index contributed by atoms with van der Waals surface area (Å²) in [5.41, 5.74) is 5.26. The van der Waals surface area contributed by atoms with Crippen LogP contribution in [0, 0.1) is 5.92 Å². The Morgan fingerprint density at radius 1 is 1.39 bits per heavy atom. The van der Waals surface area contributed by atoms with Gasteiger partial charge >= 0.3 is 0 Å². The number of likely N-dealkylation sites (tertiary alicyclic amines) is 1. The highest BCUT2D eigenvalue weighted by atomic mass is 16.3. The van der Waals surface area contributed by atoms with Crippen LogP contribution in [0.15, 0.2) is 22.8 Å².